The van der Waals surface area contributed by atoms with Crippen molar-refractivity contribution in [3.8, 4) is 0 Å². The summed E-state index contributed by atoms with van der Waals surface area (Å²) in [5.74, 6) is 0. The van der Waals surface area contributed by atoms with Crippen molar-refractivity contribution >= 4 is 28.8 Å². The van der Waals surface area contributed by atoms with Crippen LogP contribution in [0, 0.1) is 6.92 Å². The zero-order valence-electron chi connectivity index (χ0n) is 11.8. The van der Waals surface area contributed by atoms with Crippen molar-refractivity contribution in [2.45, 2.75) is 40.0 Å². The molecule has 2 aromatic rings. The maximum absolute atomic E-state index is 6.00. The molecule has 0 amide bonds. The maximum Gasteiger partial charge on any atom is 0.139 e. The third-order valence-corrected chi connectivity index (χ3v) is 3.96. The highest BCUT2D eigenvalue weighted by atomic mass is 35.5. The highest BCUT2D eigenvalue weighted by molar-refractivity contribution is 7.10. The number of ether oxygens (including phenoxy) is 1. The fraction of sp³-hybridized carbons (Fsp3) is 0.429. The van der Waals surface area contributed by atoms with Gasteiger partial charge < -0.3 is 10.1 Å². The number of hydrogen-bond donors (Lipinski definition) is 1. The van der Waals surface area contributed by atoms with Gasteiger partial charge in [-0.05, 0) is 38.0 Å². The average Bonchev–Trinajstić information content (AvgIpc) is 2.81. The standard InChI is InChI=1S/C14H18ClN3OS/c1-9(2)19-8-11-5-4-6-12(10(11)3)16-7-13-14(15)20-18-17-13/h4-6,9,16H,7-8H2,1-3H3. The van der Waals surface area contributed by atoms with Crippen LogP contribution in [0.3, 0.4) is 0 Å². The quantitative estimate of drug-likeness (QED) is 0.874. The Morgan fingerprint density at radius 3 is 2.85 bits per heavy atom. The van der Waals surface area contributed by atoms with Crippen LogP contribution < -0.4 is 5.32 Å². The Labute approximate surface area is 128 Å². The molecule has 4 nitrogen and oxygen atoms in total. The SMILES string of the molecule is Cc1c(COC(C)C)cccc1NCc1nnsc1Cl. The molecular formula is C14H18ClN3OS. The number of aromatic nitrogens is 2. The predicted molar refractivity (Wildman–Crippen MR) is 83.3 cm³/mol. The molecule has 0 saturated carbocycles. The van der Waals surface area contributed by atoms with Crippen molar-refractivity contribution in [2.24, 2.45) is 0 Å². The normalized spacial score (nSPS) is 11.1. The van der Waals surface area contributed by atoms with E-state index in [0.717, 1.165) is 11.4 Å². The minimum absolute atomic E-state index is 0.228. The lowest BCUT2D eigenvalue weighted by molar-refractivity contribution is 0.0654. The predicted octanol–water partition coefficient (Wildman–Crippen LogP) is 4.04. The molecule has 1 aromatic carbocycles. The molecule has 20 heavy (non-hydrogen) atoms. The van der Waals surface area contributed by atoms with Crippen LogP contribution in [-0.2, 0) is 17.9 Å². The van der Waals surface area contributed by atoms with Gasteiger partial charge in [0.05, 0.1) is 19.3 Å². The topological polar surface area (TPSA) is 47.0 Å². The maximum atomic E-state index is 6.00. The molecule has 0 aliphatic carbocycles. The van der Waals surface area contributed by atoms with E-state index in [1.807, 2.05) is 26.0 Å². The summed E-state index contributed by atoms with van der Waals surface area (Å²) in [6, 6.07) is 6.15. The number of rotatable bonds is 6. The molecule has 2 rings (SSSR count). The van der Waals surface area contributed by atoms with Gasteiger partial charge in [0.2, 0.25) is 0 Å². The molecule has 0 aliphatic rings. The number of halogens is 1. The lowest BCUT2D eigenvalue weighted by atomic mass is 10.1. The van der Waals surface area contributed by atoms with E-state index >= 15 is 0 Å². The minimum atomic E-state index is 0.228. The van der Waals surface area contributed by atoms with Crippen LogP contribution >= 0.6 is 23.1 Å². The molecule has 0 unspecified atom stereocenters. The Balaban J connectivity index is 2.04. The van der Waals surface area contributed by atoms with E-state index in [2.05, 4.69) is 27.9 Å². The summed E-state index contributed by atoms with van der Waals surface area (Å²) in [5, 5.41) is 7.34. The Bertz CT molecular complexity index is 571. The smallest absolute Gasteiger partial charge is 0.139 e. The first-order chi connectivity index (χ1) is 9.58. The van der Waals surface area contributed by atoms with Gasteiger partial charge in [-0.15, -0.1) is 5.10 Å². The minimum Gasteiger partial charge on any atom is -0.379 e. The molecule has 0 saturated heterocycles. The fourth-order valence-electron chi connectivity index (χ4n) is 1.77. The zero-order chi connectivity index (χ0) is 14.5. The van der Waals surface area contributed by atoms with Crippen LogP contribution in [0.4, 0.5) is 5.69 Å². The molecule has 108 valence electrons. The summed E-state index contributed by atoms with van der Waals surface area (Å²) in [5.41, 5.74) is 4.22. The van der Waals surface area contributed by atoms with Crippen molar-refractivity contribution in [3.05, 3.63) is 39.4 Å². The second-order valence-corrected chi connectivity index (χ2v) is 6.15. The third kappa shape index (κ3) is 3.91. The monoisotopic (exact) mass is 311 g/mol. The summed E-state index contributed by atoms with van der Waals surface area (Å²) in [7, 11) is 0. The second-order valence-electron chi connectivity index (χ2n) is 4.80. The fourth-order valence-corrected chi connectivity index (χ4v) is 2.40. The lowest BCUT2D eigenvalue weighted by Gasteiger charge is -2.14. The van der Waals surface area contributed by atoms with Crippen molar-refractivity contribution in [2.75, 3.05) is 5.32 Å². The summed E-state index contributed by atoms with van der Waals surface area (Å²) in [6.07, 6.45) is 0.228. The van der Waals surface area contributed by atoms with Gasteiger partial charge in [0.1, 0.15) is 10.0 Å². The molecule has 6 heteroatoms. The van der Waals surface area contributed by atoms with E-state index in [4.69, 9.17) is 16.3 Å². The Morgan fingerprint density at radius 1 is 1.40 bits per heavy atom. The van der Waals surface area contributed by atoms with E-state index < -0.39 is 0 Å². The number of nitrogens with one attached hydrogen (secondary N) is 1. The number of hydrogen-bond acceptors (Lipinski definition) is 5. The van der Waals surface area contributed by atoms with Gasteiger partial charge in [-0.2, -0.15) is 0 Å². The molecule has 0 aliphatic heterocycles. The van der Waals surface area contributed by atoms with Gasteiger partial charge in [0, 0.05) is 17.2 Å². The molecule has 1 heterocycles. The molecule has 0 atom stereocenters. The zero-order valence-corrected chi connectivity index (χ0v) is 13.4. The van der Waals surface area contributed by atoms with Gasteiger partial charge >= 0.3 is 0 Å². The number of anilines is 1. The van der Waals surface area contributed by atoms with Crippen LogP contribution in [0.15, 0.2) is 18.2 Å². The van der Waals surface area contributed by atoms with Crippen LogP contribution in [0.5, 0.6) is 0 Å². The van der Waals surface area contributed by atoms with Crippen molar-refractivity contribution in [3.63, 3.8) is 0 Å². The first-order valence-corrected chi connectivity index (χ1v) is 7.63. The van der Waals surface area contributed by atoms with Crippen LogP contribution in [0.1, 0.15) is 30.7 Å². The molecule has 0 bridgehead atoms. The molecule has 1 N–H and O–H groups in total. The Hall–Kier alpha value is -1.17. The van der Waals surface area contributed by atoms with Gasteiger partial charge in [-0.25, -0.2) is 0 Å². The highest BCUT2D eigenvalue weighted by Gasteiger charge is 2.08. The average molecular weight is 312 g/mol. The lowest BCUT2D eigenvalue weighted by Crippen LogP contribution is -2.06. The van der Waals surface area contributed by atoms with Gasteiger partial charge in [-0.3, -0.25) is 0 Å². The van der Waals surface area contributed by atoms with Crippen molar-refractivity contribution < 1.29 is 4.74 Å². The van der Waals surface area contributed by atoms with Gasteiger partial charge in [0.15, 0.2) is 0 Å². The summed E-state index contributed by atoms with van der Waals surface area (Å²) in [6.45, 7) is 7.36. The van der Waals surface area contributed by atoms with E-state index in [-0.39, 0.29) is 6.10 Å². The van der Waals surface area contributed by atoms with Gasteiger partial charge in [-0.1, -0.05) is 28.2 Å². The third-order valence-electron chi connectivity index (χ3n) is 2.97. The first kappa shape index (κ1) is 15.2. The highest BCUT2D eigenvalue weighted by Crippen LogP contribution is 2.23. The van der Waals surface area contributed by atoms with Crippen LogP contribution in [0.25, 0.3) is 0 Å². The molecule has 0 fully saturated rings. The largest absolute Gasteiger partial charge is 0.379 e. The van der Waals surface area contributed by atoms with E-state index in [0.29, 0.717) is 17.5 Å². The Kier molecular flexibility index (Phi) is 5.34. The molecule has 1 aromatic heterocycles. The van der Waals surface area contributed by atoms with Gasteiger partial charge in [0.25, 0.3) is 0 Å². The molecule has 0 radical (unpaired) electrons. The van der Waals surface area contributed by atoms with E-state index in [1.165, 1.54) is 22.7 Å². The van der Waals surface area contributed by atoms with E-state index in [9.17, 15) is 0 Å². The summed E-state index contributed by atoms with van der Waals surface area (Å²) >= 11 is 7.20. The summed E-state index contributed by atoms with van der Waals surface area (Å²) < 4.78 is 10.1. The first-order valence-electron chi connectivity index (χ1n) is 6.48. The second kappa shape index (κ2) is 7.02. The van der Waals surface area contributed by atoms with Crippen LogP contribution in [-0.4, -0.2) is 15.7 Å². The number of benzene rings is 1. The Morgan fingerprint density at radius 2 is 2.20 bits per heavy atom. The van der Waals surface area contributed by atoms with Crippen molar-refractivity contribution in [1.82, 2.24) is 9.59 Å². The van der Waals surface area contributed by atoms with Crippen LogP contribution in [0.2, 0.25) is 4.34 Å². The molecule has 0 spiro atoms. The van der Waals surface area contributed by atoms with E-state index in [1.54, 1.807) is 0 Å². The molecular weight excluding hydrogens is 294 g/mol. The number of nitrogens with zero attached hydrogens (tertiary/aromatic N) is 2. The van der Waals surface area contributed by atoms with Crippen molar-refractivity contribution in [1.29, 1.82) is 0 Å². The summed E-state index contributed by atoms with van der Waals surface area (Å²) in [4.78, 5) is 0.